The molecule has 4 rings (SSSR count). The first-order valence-corrected chi connectivity index (χ1v) is 8.42. The summed E-state index contributed by atoms with van der Waals surface area (Å²) in [4.78, 5) is 19.6. The van der Waals surface area contributed by atoms with Gasteiger partial charge in [0.15, 0.2) is 0 Å². The first kappa shape index (κ1) is 14.8. The van der Waals surface area contributed by atoms with Crippen molar-refractivity contribution in [1.29, 1.82) is 0 Å². The topological polar surface area (TPSA) is 68.5 Å². The number of imidazole rings is 1. The van der Waals surface area contributed by atoms with E-state index in [2.05, 4.69) is 45.2 Å². The highest BCUT2D eigenvalue weighted by Crippen LogP contribution is 2.32. The number of thiophene rings is 1. The van der Waals surface area contributed by atoms with Gasteiger partial charge in [0.1, 0.15) is 29.1 Å². The van der Waals surface area contributed by atoms with Crippen molar-refractivity contribution in [3.05, 3.63) is 59.4 Å². The predicted molar refractivity (Wildman–Crippen MR) is 95.6 cm³/mol. The van der Waals surface area contributed by atoms with Crippen LogP contribution >= 0.6 is 11.3 Å². The molecule has 0 fully saturated rings. The smallest absolute Gasteiger partial charge is 0.138 e. The number of anilines is 1. The molecule has 120 valence electrons. The van der Waals surface area contributed by atoms with Crippen molar-refractivity contribution in [1.82, 2.24) is 24.5 Å². The van der Waals surface area contributed by atoms with Gasteiger partial charge in [-0.25, -0.2) is 19.9 Å². The minimum atomic E-state index is 0.664. The second-order valence-corrected chi connectivity index (χ2v) is 6.74. The molecule has 4 aromatic heterocycles. The molecule has 0 bridgehead atoms. The molecule has 0 unspecified atom stereocenters. The van der Waals surface area contributed by atoms with Gasteiger partial charge in [0.2, 0.25) is 0 Å². The third-order valence-corrected chi connectivity index (χ3v) is 5.12. The average Bonchev–Trinajstić information content (AvgIpc) is 3.23. The molecule has 0 radical (unpaired) electrons. The molecule has 4 aromatic rings. The summed E-state index contributed by atoms with van der Waals surface area (Å²) in [5, 5.41) is 4.52. The van der Waals surface area contributed by atoms with Crippen LogP contribution in [0.15, 0.2) is 43.4 Å². The first-order chi connectivity index (χ1) is 11.7. The Balaban J connectivity index is 1.55. The molecule has 0 atom stereocenters. The van der Waals surface area contributed by atoms with Gasteiger partial charge in [-0.3, -0.25) is 4.57 Å². The molecule has 0 spiro atoms. The van der Waals surface area contributed by atoms with Crippen LogP contribution in [0.1, 0.15) is 16.0 Å². The van der Waals surface area contributed by atoms with Gasteiger partial charge in [-0.2, -0.15) is 0 Å². The van der Waals surface area contributed by atoms with E-state index in [0.717, 1.165) is 27.4 Å². The minimum absolute atomic E-state index is 0.664. The Morgan fingerprint density at radius 1 is 1.17 bits per heavy atom. The molecule has 6 nitrogen and oxygen atoms in total. The summed E-state index contributed by atoms with van der Waals surface area (Å²) < 4.78 is 1.88. The molecule has 0 saturated carbocycles. The number of aromatic nitrogens is 5. The van der Waals surface area contributed by atoms with Gasteiger partial charge >= 0.3 is 0 Å². The van der Waals surface area contributed by atoms with Crippen LogP contribution in [0.2, 0.25) is 0 Å². The lowest BCUT2D eigenvalue weighted by atomic mass is 10.2. The number of hydrogen-bond acceptors (Lipinski definition) is 6. The molecular formula is C17H16N6S. The summed E-state index contributed by atoms with van der Waals surface area (Å²) in [6.45, 7) is 4.89. The van der Waals surface area contributed by atoms with Crippen molar-refractivity contribution < 1.29 is 0 Å². The maximum atomic E-state index is 4.47. The van der Waals surface area contributed by atoms with E-state index >= 15 is 0 Å². The standard InChI is InChI=1S/C17H16N6S/c1-11-12(2)24-17-15(11)16(21-9-22-17)20-8-13-3-4-14(19-7-13)23-6-5-18-10-23/h3-7,9-10H,8H2,1-2H3,(H,20,21,22). The highest BCUT2D eigenvalue weighted by molar-refractivity contribution is 7.18. The van der Waals surface area contributed by atoms with Crippen LogP contribution in [0.3, 0.4) is 0 Å². The molecule has 0 aliphatic rings. The van der Waals surface area contributed by atoms with E-state index in [1.807, 2.05) is 23.0 Å². The van der Waals surface area contributed by atoms with Crippen LogP contribution in [-0.4, -0.2) is 24.5 Å². The number of nitrogens with zero attached hydrogens (tertiary/aromatic N) is 5. The fraction of sp³-hybridized carbons (Fsp3) is 0.176. The van der Waals surface area contributed by atoms with Crippen molar-refractivity contribution in [3.8, 4) is 5.82 Å². The molecular weight excluding hydrogens is 320 g/mol. The number of rotatable bonds is 4. The van der Waals surface area contributed by atoms with Crippen molar-refractivity contribution in [2.24, 2.45) is 0 Å². The third kappa shape index (κ3) is 2.63. The number of pyridine rings is 1. The Morgan fingerprint density at radius 3 is 2.83 bits per heavy atom. The van der Waals surface area contributed by atoms with E-state index in [-0.39, 0.29) is 0 Å². The van der Waals surface area contributed by atoms with E-state index in [1.54, 1.807) is 30.2 Å². The Kier molecular flexibility index (Phi) is 3.70. The Bertz CT molecular complexity index is 972. The summed E-state index contributed by atoms with van der Waals surface area (Å²) in [5.41, 5.74) is 2.34. The third-order valence-electron chi connectivity index (χ3n) is 4.00. The van der Waals surface area contributed by atoms with E-state index in [4.69, 9.17) is 0 Å². The van der Waals surface area contributed by atoms with Crippen molar-refractivity contribution in [2.75, 3.05) is 5.32 Å². The van der Waals surface area contributed by atoms with E-state index in [9.17, 15) is 0 Å². The molecule has 4 heterocycles. The highest BCUT2D eigenvalue weighted by atomic mass is 32.1. The van der Waals surface area contributed by atoms with Gasteiger partial charge in [-0.15, -0.1) is 11.3 Å². The van der Waals surface area contributed by atoms with Crippen molar-refractivity contribution >= 4 is 27.4 Å². The average molecular weight is 336 g/mol. The first-order valence-electron chi connectivity index (χ1n) is 7.60. The van der Waals surface area contributed by atoms with Gasteiger partial charge < -0.3 is 5.32 Å². The largest absolute Gasteiger partial charge is 0.365 e. The molecule has 0 aliphatic heterocycles. The zero-order valence-electron chi connectivity index (χ0n) is 13.4. The van der Waals surface area contributed by atoms with Gasteiger partial charge in [0.25, 0.3) is 0 Å². The van der Waals surface area contributed by atoms with Gasteiger partial charge in [-0.05, 0) is 31.0 Å². The number of aryl methyl sites for hydroxylation is 2. The minimum Gasteiger partial charge on any atom is -0.365 e. The second-order valence-electron chi connectivity index (χ2n) is 5.53. The van der Waals surface area contributed by atoms with Crippen LogP contribution in [0, 0.1) is 13.8 Å². The quantitative estimate of drug-likeness (QED) is 0.618. The van der Waals surface area contributed by atoms with Crippen LogP contribution in [-0.2, 0) is 6.54 Å². The summed E-state index contributed by atoms with van der Waals surface area (Å²) in [7, 11) is 0. The lowest BCUT2D eigenvalue weighted by molar-refractivity contribution is 0.977. The molecule has 0 aliphatic carbocycles. The molecule has 0 amide bonds. The summed E-state index contributed by atoms with van der Waals surface area (Å²) in [6, 6.07) is 4.04. The number of fused-ring (bicyclic) bond motifs is 1. The maximum absolute atomic E-state index is 4.47. The highest BCUT2D eigenvalue weighted by Gasteiger charge is 2.11. The van der Waals surface area contributed by atoms with Gasteiger partial charge in [0, 0.05) is 30.0 Å². The van der Waals surface area contributed by atoms with E-state index in [1.165, 1.54) is 10.4 Å². The van der Waals surface area contributed by atoms with Crippen LogP contribution in [0.5, 0.6) is 0 Å². The molecule has 0 aromatic carbocycles. The summed E-state index contributed by atoms with van der Waals surface area (Å²) >= 11 is 1.70. The fourth-order valence-electron chi connectivity index (χ4n) is 2.57. The Morgan fingerprint density at radius 2 is 2.08 bits per heavy atom. The maximum Gasteiger partial charge on any atom is 0.138 e. The SMILES string of the molecule is Cc1sc2ncnc(NCc3ccc(-n4ccnc4)nc3)c2c1C. The lowest BCUT2D eigenvalue weighted by Gasteiger charge is -2.08. The fourth-order valence-corrected chi connectivity index (χ4v) is 3.57. The van der Waals surface area contributed by atoms with E-state index in [0.29, 0.717) is 6.54 Å². The molecule has 7 heteroatoms. The van der Waals surface area contributed by atoms with Gasteiger partial charge in [0.05, 0.1) is 5.39 Å². The predicted octanol–water partition coefficient (Wildman–Crippen LogP) is 3.50. The van der Waals surface area contributed by atoms with Crippen LogP contribution in [0.25, 0.3) is 16.0 Å². The zero-order valence-corrected chi connectivity index (χ0v) is 14.2. The summed E-state index contributed by atoms with van der Waals surface area (Å²) in [5.74, 6) is 1.73. The lowest BCUT2D eigenvalue weighted by Crippen LogP contribution is -2.03. The van der Waals surface area contributed by atoms with Crippen molar-refractivity contribution in [2.45, 2.75) is 20.4 Å². The second kappa shape index (κ2) is 6.01. The Hall–Kier alpha value is -2.80. The molecule has 0 saturated heterocycles. The van der Waals surface area contributed by atoms with Gasteiger partial charge in [-0.1, -0.05) is 6.07 Å². The van der Waals surface area contributed by atoms with Crippen LogP contribution in [0.4, 0.5) is 5.82 Å². The molecule has 1 N–H and O–H groups in total. The number of hydrogen-bond donors (Lipinski definition) is 1. The molecule has 24 heavy (non-hydrogen) atoms. The zero-order chi connectivity index (χ0) is 16.5. The van der Waals surface area contributed by atoms with Crippen molar-refractivity contribution in [3.63, 3.8) is 0 Å². The Labute approximate surface area is 143 Å². The number of nitrogens with one attached hydrogen (secondary N) is 1. The normalized spacial score (nSPS) is 11.1. The summed E-state index contributed by atoms with van der Waals surface area (Å²) in [6.07, 6.45) is 8.83. The van der Waals surface area contributed by atoms with E-state index < -0.39 is 0 Å². The van der Waals surface area contributed by atoms with Crippen LogP contribution < -0.4 is 5.32 Å². The monoisotopic (exact) mass is 336 g/mol.